The standard InChI is InChI=1S/C22H15ClFNO4/c23-15-4-1-3-14(11-15)19-18(20(26)13-6-8-16(24)9-7-13)21(27)22(28)25(19)12-17-5-2-10-29-17/h1-11,19,26H,12H2. The van der Waals surface area contributed by atoms with Crippen molar-refractivity contribution in [3.05, 3.63) is 100 Å². The van der Waals surface area contributed by atoms with Crippen molar-refractivity contribution in [3.8, 4) is 0 Å². The number of furan rings is 1. The van der Waals surface area contributed by atoms with Gasteiger partial charge in [-0.25, -0.2) is 4.39 Å². The van der Waals surface area contributed by atoms with Gasteiger partial charge in [-0.2, -0.15) is 0 Å². The number of hydrogen-bond donors (Lipinski definition) is 1. The van der Waals surface area contributed by atoms with Crippen molar-refractivity contribution in [2.45, 2.75) is 12.6 Å². The van der Waals surface area contributed by atoms with Gasteiger partial charge >= 0.3 is 0 Å². The average Bonchev–Trinajstić information content (AvgIpc) is 3.30. The van der Waals surface area contributed by atoms with Gasteiger partial charge in [-0.1, -0.05) is 23.7 Å². The van der Waals surface area contributed by atoms with Crippen LogP contribution in [-0.4, -0.2) is 21.7 Å². The Morgan fingerprint density at radius 3 is 2.52 bits per heavy atom. The van der Waals surface area contributed by atoms with Crippen LogP contribution in [0.3, 0.4) is 0 Å². The zero-order chi connectivity index (χ0) is 20.5. The fourth-order valence-corrected chi connectivity index (χ4v) is 3.60. The van der Waals surface area contributed by atoms with Gasteiger partial charge in [-0.3, -0.25) is 9.59 Å². The first-order valence-electron chi connectivity index (χ1n) is 8.78. The number of Topliss-reactive ketones (excluding diaryl/α,β-unsaturated/α-hetero) is 1. The van der Waals surface area contributed by atoms with Crippen LogP contribution in [0.2, 0.25) is 5.02 Å². The number of carbonyl (C=O) groups is 2. The number of rotatable bonds is 4. The van der Waals surface area contributed by atoms with Crippen LogP contribution < -0.4 is 0 Å². The molecule has 1 aromatic heterocycles. The van der Waals surface area contributed by atoms with Gasteiger partial charge in [0, 0.05) is 10.6 Å². The van der Waals surface area contributed by atoms with Crippen LogP contribution in [0, 0.1) is 5.82 Å². The fourth-order valence-electron chi connectivity index (χ4n) is 3.40. The molecule has 29 heavy (non-hydrogen) atoms. The first kappa shape index (κ1) is 19.0. The number of hydrogen-bond acceptors (Lipinski definition) is 4. The highest BCUT2D eigenvalue weighted by Crippen LogP contribution is 2.40. The van der Waals surface area contributed by atoms with E-state index >= 15 is 0 Å². The molecule has 2 heterocycles. The number of aliphatic hydroxyl groups excluding tert-OH is 1. The normalized spacial score (nSPS) is 18.4. The molecule has 1 aliphatic rings. The molecule has 0 aliphatic carbocycles. The summed E-state index contributed by atoms with van der Waals surface area (Å²) >= 11 is 6.12. The minimum absolute atomic E-state index is 0.0367. The Hall–Kier alpha value is -3.38. The van der Waals surface area contributed by atoms with Crippen molar-refractivity contribution in [2.75, 3.05) is 0 Å². The Kier molecular flexibility index (Phi) is 4.94. The van der Waals surface area contributed by atoms with Crippen molar-refractivity contribution < 1.29 is 23.5 Å². The molecule has 1 N–H and O–H groups in total. The Morgan fingerprint density at radius 2 is 1.86 bits per heavy atom. The second-order valence-corrected chi connectivity index (χ2v) is 7.00. The number of likely N-dealkylation sites (tertiary alicyclic amines) is 1. The van der Waals surface area contributed by atoms with E-state index in [1.54, 1.807) is 36.4 Å². The third-order valence-electron chi connectivity index (χ3n) is 4.73. The summed E-state index contributed by atoms with van der Waals surface area (Å²) in [6.45, 7) is 0.0367. The Balaban J connectivity index is 1.87. The summed E-state index contributed by atoms with van der Waals surface area (Å²) in [5, 5.41) is 11.3. The summed E-state index contributed by atoms with van der Waals surface area (Å²) in [6.07, 6.45) is 1.47. The molecule has 0 saturated carbocycles. The van der Waals surface area contributed by atoms with Gasteiger partial charge in [0.1, 0.15) is 17.3 Å². The summed E-state index contributed by atoms with van der Waals surface area (Å²) in [7, 11) is 0. The number of ketones is 1. The van der Waals surface area contributed by atoms with E-state index in [-0.39, 0.29) is 23.4 Å². The quantitative estimate of drug-likeness (QED) is 0.384. The van der Waals surface area contributed by atoms with Gasteiger partial charge in [0.25, 0.3) is 11.7 Å². The van der Waals surface area contributed by atoms with Crippen molar-refractivity contribution >= 4 is 29.1 Å². The number of aliphatic hydroxyl groups is 1. The fraction of sp³-hybridized carbons (Fsp3) is 0.0909. The van der Waals surface area contributed by atoms with Crippen LogP contribution in [0.1, 0.15) is 22.9 Å². The summed E-state index contributed by atoms with van der Waals surface area (Å²) in [5.74, 6) is -1.97. The lowest BCUT2D eigenvalue weighted by atomic mass is 9.95. The Morgan fingerprint density at radius 1 is 1.10 bits per heavy atom. The third-order valence-corrected chi connectivity index (χ3v) is 4.96. The maximum atomic E-state index is 13.3. The van der Waals surface area contributed by atoms with E-state index < -0.39 is 23.5 Å². The molecule has 0 spiro atoms. The lowest BCUT2D eigenvalue weighted by Crippen LogP contribution is -2.29. The van der Waals surface area contributed by atoms with E-state index in [0.717, 1.165) is 0 Å². The van der Waals surface area contributed by atoms with Crippen LogP contribution in [-0.2, 0) is 16.1 Å². The first-order valence-corrected chi connectivity index (χ1v) is 9.15. The number of halogens is 2. The van der Waals surface area contributed by atoms with E-state index in [2.05, 4.69) is 0 Å². The van der Waals surface area contributed by atoms with Gasteiger partial charge < -0.3 is 14.4 Å². The zero-order valence-corrected chi connectivity index (χ0v) is 15.8. The van der Waals surface area contributed by atoms with Crippen LogP contribution in [0.15, 0.2) is 76.9 Å². The summed E-state index contributed by atoms with van der Waals surface area (Å²) in [4.78, 5) is 27.0. The number of benzene rings is 2. The lowest BCUT2D eigenvalue weighted by Gasteiger charge is -2.24. The molecule has 1 unspecified atom stereocenters. The smallest absolute Gasteiger partial charge is 0.296 e. The molecule has 2 aromatic carbocycles. The molecule has 7 heteroatoms. The molecule has 1 saturated heterocycles. The van der Waals surface area contributed by atoms with Crippen molar-refractivity contribution in [1.82, 2.24) is 4.90 Å². The van der Waals surface area contributed by atoms with Crippen LogP contribution in [0.4, 0.5) is 4.39 Å². The monoisotopic (exact) mass is 411 g/mol. The van der Waals surface area contributed by atoms with Gasteiger partial charge in [-0.15, -0.1) is 0 Å². The van der Waals surface area contributed by atoms with Crippen LogP contribution >= 0.6 is 11.6 Å². The molecule has 4 rings (SSSR count). The highest BCUT2D eigenvalue weighted by molar-refractivity contribution is 6.46. The molecule has 3 aromatic rings. The molecule has 146 valence electrons. The van der Waals surface area contributed by atoms with Crippen molar-refractivity contribution in [1.29, 1.82) is 0 Å². The predicted octanol–water partition coefficient (Wildman–Crippen LogP) is 4.69. The number of carbonyl (C=O) groups excluding carboxylic acids is 2. The molecule has 5 nitrogen and oxygen atoms in total. The highest BCUT2D eigenvalue weighted by Gasteiger charge is 2.46. The van der Waals surface area contributed by atoms with E-state index in [0.29, 0.717) is 16.3 Å². The first-order chi connectivity index (χ1) is 14.0. The van der Waals surface area contributed by atoms with Crippen molar-refractivity contribution in [3.63, 3.8) is 0 Å². The van der Waals surface area contributed by atoms with Crippen molar-refractivity contribution in [2.24, 2.45) is 0 Å². The number of amides is 1. The predicted molar refractivity (Wildman–Crippen MR) is 104 cm³/mol. The minimum Gasteiger partial charge on any atom is -0.507 e. The lowest BCUT2D eigenvalue weighted by molar-refractivity contribution is -0.140. The molecular formula is C22H15ClFNO4. The molecule has 0 radical (unpaired) electrons. The van der Waals surface area contributed by atoms with Gasteiger partial charge in [-0.05, 0) is 54.1 Å². The maximum Gasteiger partial charge on any atom is 0.296 e. The topological polar surface area (TPSA) is 70.8 Å². The average molecular weight is 412 g/mol. The number of nitrogens with zero attached hydrogens (tertiary/aromatic N) is 1. The summed E-state index contributed by atoms with van der Waals surface area (Å²) in [6, 6.07) is 14.2. The van der Waals surface area contributed by atoms with Crippen LogP contribution in [0.5, 0.6) is 0 Å². The Bertz CT molecular complexity index is 1110. The van der Waals surface area contributed by atoms with Gasteiger partial charge in [0.05, 0.1) is 24.4 Å². The molecule has 1 aliphatic heterocycles. The van der Waals surface area contributed by atoms with Crippen LogP contribution in [0.25, 0.3) is 5.76 Å². The molecule has 0 bridgehead atoms. The SMILES string of the molecule is O=C1C(=O)N(Cc2ccco2)C(c2cccc(Cl)c2)C1=C(O)c1ccc(F)cc1. The maximum absolute atomic E-state index is 13.3. The van der Waals surface area contributed by atoms with E-state index in [1.165, 1.54) is 35.4 Å². The van der Waals surface area contributed by atoms with E-state index in [4.69, 9.17) is 16.0 Å². The second kappa shape index (κ2) is 7.56. The summed E-state index contributed by atoms with van der Waals surface area (Å²) < 4.78 is 18.6. The molecule has 1 amide bonds. The highest BCUT2D eigenvalue weighted by atomic mass is 35.5. The van der Waals surface area contributed by atoms with E-state index in [9.17, 15) is 19.1 Å². The zero-order valence-electron chi connectivity index (χ0n) is 15.0. The van der Waals surface area contributed by atoms with Gasteiger partial charge in [0.15, 0.2) is 0 Å². The molecule has 1 atom stereocenters. The molecule has 1 fully saturated rings. The third kappa shape index (κ3) is 3.54. The van der Waals surface area contributed by atoms with E-state index in [1.807, 2.05) is 0 Å². The summed E-state index contributed by atoms with van der Waals surface area (Å²) in [5.41, 5.74) is 0.705. The second-order valence-electron chi connectivity index (χ2n) is 6.57. The Labute approximate surface area is 170 Å². The largest absolute Gasteiger partial charge is 0.507 e. The minimum atomic E-state index is -0.871. The molecular weight excluding hydrogens is 397 g/mol. The van der Waals surface area contributed by atoms with Gasteiger partial charge in [0.2, 0.25) is 0 Å².